The van der Waals surface area contributed by atoms with Crippen LogP contribution in [0.4, 0.5) is 9.59 Å². The second-order valence-electron chi connectivity index (χ2n) is 15.3. The first-order valence-corrected chi connectivity index (χ1v) is 22.7. The number of nitrogens with one attached hydrogen (secondary N) is 3. The topological polar surface area (TPSA) is 207 Å². The van der Waals surface area contributed by atoms with Crippen LogP contribution in [0.25, 0.3) is 0 Å². The smallest absolute Gasteiger partial charge is 0.790 e. The molecule has 0 bridgehead atoms. The number of hydrogen-bond donors (Lipinski definition) is 3. The minimum absolute atomic E-state index is 0. The number of rotatable bonds is 22. The molecule has 15 nitrogen and oxygen atoms in total. The molecule has 19 heteroatoms. The zero-order valence-corrected chi connectivity index (χ0v) is 39.9. The van der Waals surface area contributed by atoms with E-state index in [0.29, 0.717) is 0 Å². The molecule has 322 valence electrons. The van der Waals surface area contributed by atoms with Crippen LogP contribution in [-0.4, -0.2) is 108 Å². The summed E-state index contributed by atoms with van der Waals surface area (Å²) in [6.45, 7) is 11.2. The third-order valence-electron chi connectivity index (χ3n) is 9.19. The number of phosphoric ester groups is 1. The van der Waals surface area contributed by atoms with Crippen molar-refractivity contribution in [3.8, 4) is 0 Å². The van der Waals surface area contributed by atoms with Crippen LogP contribution in [0.1, 0.15) is 80.6 Å². The van der Waals surface area contributed by atoms with Crippen LogP contribution < -0.4 is 25.7 Å². The molecule has 4 amide bonds. The Morgan fingerprint density at radius 2 is 1.50 bits per heavy atom. The molecule has 2 heterocycles. The molecule has 0 saturated heterocycles. The van der Waals surface area contributed by atoms with Crippen LogP contribution in [0, 0.1) is 11.8 Å². The molecule has 0 saturated carbocycles. The monoisotopic (exact) mass is 910 g/mol. The molecule has 0 radical (unpaired) electrons. The van der Waals surface area contributed by atoms with Crippen LogP contribution in [0.3, 0.4) is 0 Å². The van der Waals surface area contributed by atoms with Crippen molar-refractivity contribution in [1.82, 2.24) is 30.8 Å². The minimum atomic E-state index is -5.54. The number of alkyl carbamates (subject to hydrolysis) is 1. The second kappa shape index (κ2) is 25.2. The molecule has 4 aromatic rings. The van der Waals surface area contributed by atoms with E-state index < -0.39 is 62.3 Å². The Hall–Kier alpha value is -2.96. The van der Waals surface area contributed by atoms with Crippen LogP contribution >= 0.6 is 30.5 Å². The Morgan fingerprint density at radius 1 is 0.867 bits per heavy atom. The maximum absolute atomic E-state index is 14.3. The van der Waals surface area contributed by atoms with Gasteiger partial charge in [-0.15, -0.1) is 22.7 Å². The number of phosphoric acid groups is 1. The van der Waals surface area contributed by atoms with Crippen molar-refractivity contribution in [2.75, 3.05) is 7.05 Å². The molecule has 4 rings (SSSR count). The Kier molecular flexibility index (Phi) is 21.6. The van der Waals surface area contributed by atoms with Gasteiger partial charge in [0.1, 0.15) is 12.6 Å². The van der Waals surface area contributed by atoms with E-state index in [0.717, 1.165) is 26.7 Å². The van der Waals surface area contributed by atoms with Gasteiger partial charge in [0.05, 0.1) is 47.6 Å². The van der Waals surface area contributed by atoms with E-state index in [1.807, 2.05) is 79.9 Å². The summed E-state index contributed by atoms with van der Waals surface area (Å²) in [5.41, 5.74) is 4.04. The van der Waals surface area contributed by atoms with Gasteiger partial charge in [0.2, 0.25) is 5.91 Å². The Morgan fingerprint density at radius 3 is 2.03 bits per heavy atom. The Bertz CT molecular complexity index is 1940. The number of ether oxygens (including phenoxy) is 2. The zero-order chi connectivity index (χ0) is 43.1. The molecule has 0 fully saturated rings. The number of thiazole rings is 2. The number of carbonyl (C=O) groups excluding carboxylic acids is 3. The number of amides is 4. The molecule has 1 unspecified atom stereocenters. The molecule has 0 aliphatic carbocycles. The van der Waals surface area contributed by atoms with Gasteiger partial charge in [-0.25, -0.2) is 14.6 Å². The molecular formula is C41H55CaN6O9PS2. The van der Waals surface area contributed by atoms with Gasteiger partial charge in [-0.1, -0.05) is 102 Å². The summed E-state index contributed by atoms with van der Waals surface area (Å²) in [6, 6.07) is 15.6. The van der Waals surface area contributed by atoms with Gasteiger partial charge in [-0.3, -0.25) is 9.78 Å². The average molecular weight is 911 g/mol. The maximum Gasteiger partial charge on any atom is 2.00 e. The first-order chi connectivity index (χ1) is 28.0. The number of urea groups is 1. The SMILES string of the molecule is CC(C)c1nc(CN(C)C(=O)N[C@H](C(=O)N[C@@H](Cc2ccccc2)C[C@H](OC(OP(=O)([O-])[O-])C(C)C)[C@H](Cc2ccccc2)NC(=O)OCc2cncs2)C(C)C)cs1.[Ca+2]. The molecular weight excluding hydrogens is 856 g/mol. The summed E-state index contributed by atoms with van der Waals surface area (Å²) in [5.74, 6) is -1.15. The van der Waals surface area contributed by atoms with Crippen molar-refractivity contribution >= 4 is 86.3 Å². The minimum Gasteiger partial charge on any atom is -0.790 e. The van der Waals surface area contributed by atoms with Crippen molar-refractivity contribution in [2.45, 2.75) is 110 Å². The van der Waals surface area contributed by atoms with Gasteiger partial charge in [0, 0.05) is 36.5 Å². The standard InChI is InChI=1S/C41H57N6O9PS2.Ca/c1-26(2)36(46-40(49)47(7)22-32-24-58-38(44-32)27(3)4)37(48)43-31(18-29-14-10-8-11-15-29)20-35(55-39(28(5)6)56-57(51,52)53)34(19-30-16-12-9-13-17-30)45-41(50)54-23-33-21-42-25-59-33;/h8-17,21,24-28,31,34-36,39H,18-20,22-23H2,1-7H3,(H,43,48)(H,45,50)(H,46,49)(H2,51,52,53);/q;+2/p-2/t31-,34-,35-,36-,39?;/m0./s1. The predicted octanol–water partition coefficient (Wildman–Crippen LogP) is 5.38. The van der Waals surface area contributed by atoms with E-state index in [1.165, 1.54) is 27.6 Å². The van der Waals surface area contributed by atoms with Gasteiger partial charge in [-0.2, -0.15) is 0 Å². The third kappa shape index (κ3) is 17.8. The van der Waals surface area contributed by atoms with Crippen LogP contribution in [0.15, 0.2) is 77.8 Å². The van der Waals surface area contributed by atoms with Gasteiger partial charge >= 0.3 is 49.9 Å². The van der Waals surface area contributed by atoms with Gasteiger partial charge in [-0.05, 0) is 36.3 Å². The fourth-order valence-corrected chi connectivity index (χ4v) is 8.00. The predicted molar refractivity (Wildman–Crippen MR) is 229 cm³/mol. The van der Waals surface area contributed by atoms with Crippen molar-refractivity contribution in [2.24, 2.45) is 11.8 Å². The van der Waals surface area contributed by atoms with E-state index >= 15 is 0 Å². The van der Waals surface area contributed by atoms with E-state index in [4.69, 9.17) is 14.0 Å². The number of carbonyl (C=O) groups is 3. The molecule has 2 aromatic heterocycles. The molecule has 0 aliphatic rings. The number of hydrogen-bond acceptors (Lipinski definition) is 13. The summed E-state index contributed by atoms with van der Waals surface area (Å²) in [4.78, 5) is 76.0. The first-order valence-electron chi connectivity index (χ1n) is 19.5. The summed E-state index contributed by atoms with van der Waals surface area (Å²) in [6.07, 6.45) is -1.30. The molecule has 0 spiro atoms. The number of benzene rings is 2. The summed E-state index contributed by atoms with van der Waals surface area (Å²) >= 11 is 2.85. The normalized spacial score (nSPS) is 14.1. The summed E-state index contributed by atoms with van der Waals surface area (Å²) < 4.78 is 28.8. The third-order valence-corrected chi connectivity index (χ3v) is 11.6. The van der Waals surface area contributed by atoms with E-state index in [-0.39, 0.29) is 82.0 Å². The second-order valence-corrected chi connectivity index (χ2v) is 18.3. The fraction of sp³-hybridized carbons (Fsp3) is 0.488. The fourth-order valence-electron chi connectivity index (χ4n) is 6.12. The number of nitrogens with zero attached hydrogens (tertiary/aromatic N) is 3. The molecule has 3 N–H and O–H groups in total. The van der Waals surface area contributed by atoms with Gasteiger partial charge in [0.15, 0.2) is 6.29 Å². The van der Waals surface area contributed by atoms with E-state index in [1.54, 1.807) is 32.6 Å². The van der Waals surface area contributed by atoms with Gasteiger partial charge < -0.3 is 49.2 Å². The van der Waals surface area contributed by atoms with E-state index in [2.05, 4.69) is 39.8 Å². The van der Waals surface area contributed by atoms with Crippen molar-refractivity contribution in [3.05, 3.63) is 104 Å². The Balaban J connectivity index is 0.00000961. The molecule has 60 heavy (non-hydrogen) atoms. The molecule has 5 atom stereocenters. The van der Waals surface area contributed by atoms with Crippen molar-refractivity contribution in [1.29, 1.82) is 0 Å². The number of aromatic nitrogens is 2. The zero-order valence-electron chi connectivity index (χ0n) is 35.1. The van der Waals surface area contributed by atoms with Crippen LogP contribution in [0.2, 0.25) is 0 Å². The summed E-state index contributed by atoms with van der Waals surface area (Å²) in [7, 11) is -3.90. The first kappa shape index (κ1) is 51.4. The van der Waals surface area contributed by atoms with Crippen LogP contribution in [0.5, 0.6) is 0 Å². The van der Waals surface area contributed by atoms with Crippen molar-refractivity contribution in [3.63, 3.8) is 0 Å². The molecule has 0 aliphatic heterocycles. The largest absolute Gasteiger partial charge is 2.00 e. The van der Waals surface area contributed by atoms with E-state index in [9.17, 15) is 28.7 Å². The maximum atomic E-state index is 14.3. The molecule has 2 aromatic carbocycles. The quantitative estimate of drug-likeness (QED) is 0.0519. The van der Waals surface area contributed by atoms with Crippen LogP contribution in [-0.2, 0) is 49.4 Å². The average Bonchev–Trinajstić information content (AvgIpc) is 3.88. The van der Waals surface area contributed by atoms with Gasteiger partial charge in [0.25, 0.3) is 0 Å². The summed E-state index contributed by atoms with van der Waals surface area (Å²) in [5, 5.41) is 11.8. The van der Waals surface area contributed by atoms with Crippen molar-refractivity contribution < 1.29 is 42.7 Å². The Labute approximate surface area is 390 Å².